The number of carboxylic acids is 1. The van der Waals surface area contributed by atoms with Gasteiger partial charge in [0.2, 0.25) is 0 Å². The lowest BCUT2D eigenvalue weighted by Crippen LogP contribution is -1.86. The minimum Gasteiger partial charge on any atom is -0.481 e. The van der Waals surface area contributed by atoms with Crippen LogP contribution in [0.15, 0.2) is 42.7 Å². The molecule has 92 valence electrons. The van der Waals surface area contributed by atoms with Crippen LogP contribution in [0.3, 0.4) is 0 Å². The van der Waals surface area contributed by atoms with Gasteiger partial charge in [-0.2, -0.15) is 0 Å². The van der Waals surface area contributed by atoms with Gasteiger partial charge in [0.1, 0.15) is 0 Å². The molecule has 0 amide bonds. The average molecular weight is 242 g/mol. The van der Waals surface area contributed by atoms with E-state index in [0.29, 0.717) is 0 Å². The van der Waals surface area contributed by atoms with E-state index in [2.05, 4.69) is 22.1 Å². The second-order valence-electron chi connectivity index (χ2n) is 3.83. The van der Waals surface area contributed by atoms with Crippen LogP contribution < -0.4 is 0 Å². The molecule has 0 atom stereocenters. The molecule has 0 radical (unpaired) electrons. The van der Waals surface area contributed by atoms with E-state index in [4.69, 9.17) is 5.11 Å². The van der Waals surface area contributed by atoms with Gasteiger partial charge in [0, 0.05) is 23.4 Å². The Bertz CT molecular complexity index is 673. The molecule has 2 heterocycles. The number of carbonyl (C=O) groups is 1. The van der Waals surface area contributed by atoms with Crippen molar-refractivity contribution in [3.8, 4) is 0 Å². The largest absolute Gasteiger partial charge is 0.481 e. The van der Waals surface area contributed by atoms with Crippen LogP contribution in [0, 0.1) is 0 Å². The number of nitrogens with one attached hydrogen (secondary N) is 1. The van der Waals surface area contributed by atoms with Crippen molar-refractivity contribution in [3.05, 3.63) is 42.7 Å². The monoisotopic (exact) mass is 242 g/mol. The Kier molecular flexibility index (Phi) is 3.57. The number of fused-ring (bicyclic) bond motifs is 3. The highest BCUT2D eigenvalue weighted by atomic mass is 16.4. The van der Waals surface area contributed by atoms with E-state index < -0.39 is 5.97 Å². The fourth-order valence-electron chi connectivity index (χ4n) is 1.67. The smallest absolute Gasteiger partial charge is 0.303 e. The molecule has 0 fully saturated rings. The molecule has 0 saturated heterocycles. The molecule has 0 aliphatic carbocycles. The number of hydrogen-bond donors (Lipinski definition) is 2. The standard InChI is InChI=1S/C11H8N2.C3H6O2/c1-2-4-10-8(3-1)9-5-6-12-11(9)7-13-10;1-2-3(4)5/h1-7,12H;2H2,1H3,(H,4,5). The number of aliphatic carboxylic acids is 1. The molecule has 0 saturated carbocycles. The van der Waals surface area contributed by atoms with Gasteiger partial charge in [0.05, 0.1) is 17.2 Å². The Labute approximate surface area is 104 Å². The lowest BCUT2D eigenvalue weighted by molar-refractivity contribution is -0.136. The lowest BCUT2D eigenvalue weighted by Gasteiger charge is -1.96. The normalized spacial score (nSPS) is 10.1. The zero-order valence-corrected chi connectivity index (χ0v) is 10.1. The third-order valence-corrected chi connectivity index (χ3v) is 2.61. The molecular formula is C14H14N2O2. The Morgan fingerprint density at radius 2 is 2.00 bits per heavy atom. The van der Waals surface area contributed by atoms with Gasteiger partial charge in [-0.05, 0) is 12.1 Å². The maximum atomic E-state index is 9.37. The summed E-state index contributed by atoms with van der Waals surface area (Å²) in [6.07, 6.45) is 4.04. The van der Waals surface area contributed by atoms with E-state index >= 15 is 0 Å². The number of H-pyrrole nitrogens is 1. The Hall–Kier alpha value is -2.36. The van der Waals surface area contributed by atoms with Gasteiger partial charge in [-0.15, -0.1) is 0 Å². The van der Waals surface area contributed by atoms with Gasteiger partial charge in [-0.25, -0.2) is 0 Å². The van der Waals surface area contributed by atoms with Crippen LogP contribution in [0.4, 0.5) is 0 Å². The summed E-state index contributed by atoms with van der Waals surface area (Å²) in [6.45, 7) is 1.60. The first-order chi connectivity index (χ1) is 8.72. The molecule has 1 aromatic carbocycles. The molecule has 3 rings (SSSR count). The van der Waals surface area contributed by atoms with Crippen molar-refractivity contribution < 1.29 is 9.90 Å². The summed E-state index contributed by atoms with van der Waals surface area (Å²) in [6, 6.07) is 10.3. The summed E-state index contributed by atoms with van der Waals surface area (Å²) in [5, 5.41) is 10.2. The molecule has 0 unspecified atom stereocenters. The van der Waals surface area contributed by atoms with Crippen LogP contribution in [0.1, 0.15) is 13.3 Å². The summed E-state index contributed by atoms with van der Waals surface area (Å²) in [4.78, 5) is 16.9. The summed E-state index contributed by atoms with van der Waals surface area (Å²) >= 11 is 0. The molecule has 4 nitrogen and oxygen atoms in total. The zero-order valence-electron chi connectivity index (χ0n) is 10.1. The number of pyridine rings is 1. The van der Waals surface area contributed by atoms with Gasteiger partial charge in [0.15, 0.2) is 0 Å². The maximum absolute atomic E-state index is 9.37. The molecule has 2 aromatic heterocycles. The minimum absolute atomic E-state index is 0.222. The molecule has 4 heteroatoms. The van der Waals surface area contributed by atoms with E-state index in [1.807, 2.05) is 30.6 Å². The zero-order chi connectivity index (χ0) is 13.0. The summed E-state index contributed by atoms with van der Waals surface area (Å²) in [5.41, 5.74) is 2.15. The molecule has 0 spiro atoms. The molecule has 2 N–H and O–H groups in total. The van der Waals surface area contributed by atoms with E-state index in [0.717, 1.165) is 11.0 Å². The number of aromatic nitrogens is 2. The molecule has 0 bridgehead atoms. The van der Waals surface area contributed by atoms with Gasteiger partial charge >= 0.3 is 5.97 Å². The number of nitrogens with zero attached hydrogens (tertiary/aromatic N) is 1. The number of carboxylic acid groups (broad SMARTS) is 1. The van der Waals surface area contributed by atoms with Crippen molar-refractivity contribution in [3.63, 3.8) is 0 Å². The Morgan fingerprint density at radius 1 is 1.28 bits per heavy atom. The molecule has 18 heavy (non-hydrogen) atoms. The predicted molar refractivity (Wildman–Crippen MR) is 71.5 cm³/mol. The number of rotatable bonds is 1. The molecule has 3 aromatic rings. The highest BCUT2D eigenvalue weighted by Gasteiger charge is 1.99. The molecular weight excluding hydrogens is 228 g/mol. The summed E-state index contributed by atoms with van der Waals surface area (Å²) in [7, 11) is 0. The van der Waals surface area contributed by atoms with Crippen molar-refractivity contribution >= 4 is 27.8 Å². The number of benzene rings is 1. The highest BCUT2D eigenvalue weighted by molar-refractivity contribution is 6.04. The van der Waals surface area contributed by atoms with Crippen LogP contribution in [0.5, 0.6) is 0 Å². The van der Waals surface area contributed by atoms with E-state index in [1.54, 1.807) is 6.92 Å². The first kappa shape index (κ1) is 12.1. The number of aromatic amines is 1. The molecule has 0 aliphatic rings. The van der Waals surface area contributed by atoms with Gasteiger partial charge in [0.25, 0.3) is 0 Å². The lowest BCUT2D eigenvalue weighted by atomic mass is 10.1. The van der Waals surface area contributed by atoms with Gasteiger partial charge < -0.3 is 10.1 Å². The SMILES string of the molecule is CCC(=O)O.c1ccc2c(c1)ncc1[nH]ccc12. The van der Waals surface area contributed by atoms with Crippen LogP contribution in [-0.2, 0) is 4.79 Å². The topological polar surface area (TPSA) is 66.0 Å². The fourth-order valence-corrected chi connectivity index (χ4v) is 1.67. The first-order valence-electron chi connectivity index (χ1n) is 5.75. The van der Waals surface area contributed by atoms with Crippen molar-refractivity contribution in [1.82, 2.24) is 9.97 Å². The van der Waals surface area contributed by atoms with Crippen molar-refractivity contribution in [1.29, 1.82) is 0 Å². The third kappa shape index (κ3) is 2.48. The van der Waals surface area contributed by atoms with Crippen LogP contribution in [-0.4, -0.2) is 21.0 Å². The quantitative estimate of drug-likeness (QED) is 0.688. The van der Waals surface area contributed by atoms with E-state index in [-0.39, 0.29) is 6.42 Å². The highest BCUT2D eigenvalue weighted by Crippen LogP contribution is 2.21. The van der Waals surface area contributed by atoms with Crippen molar-refractivity contribution in [2.75, 3.05) is 0 Å². The number of hydrogen-bond acceptors (Lipinski definition) is 2. The second kappa shape index (κ2) is 5.31. The third-order valence-electron chi connectivity index (χ3n) is 2.61. The van der Waals surface area contributed by atoms with Crippen LogP contribution in [0.25, 0.3) is 21.8 Å². The van der Waals surface area contributed by atoms with Crippen LogP contribution >= 0.6 is 0 Å². The Balaban J connectivity index is 0.000000209. The van der Waals surface area contributed by atoms with Crippen molar-refractivity contribution in [2.45, 2.75) is 13.3 Å². The van der Waals surface area contributed by atoms with E-state index in [9.17, 15) is 4.79 Å². The first-order valence-corrected chi connectivity index (χ1v) is 5.75. The number of para-hydroxylation sites is 1. The van der Waals surface area contributed by atoms with Crippen molar-refractivity contribution in [2.24, 2.45) is 0 Å². The minimum atomic E-state index is -0.745. The van der Waals surface area contributed by atoms with Gasteiger partial charge in [-0.3, -0.25) is 9.78 Å². The summed E-state index contributed by atoms with van der Waals surface area (Å²) in [5.74, 6) is -0.745. The van der Waals surface area contributed by atoms with E-state index in [1.165, 1.54) is 10.8 Å². The molecule has 0 aliphatic heterocycles. The van der Waals surface area contributed by atoms with Crippen LogP contribution in [0.2, 0.25) is 0 Å². The van der Waals surface area contributed by atoms with Gasteiger partial charge in [-0.1, -0.05) is 25.1 Å². The average Bonchev–Trinajstić information content (AvgIpc) is 2.88. The summed E-state index contributed by atoms with van der Waals surface area (Å²) < 4.78 is 0. The Morgan fingerprint density at radius 3 is 2.72 bits per heavy atom. The second-order valence-corrected chi connectivity index (χ2v) is 3.83. The maximum Gasteiger partial charge on any atom is 0.303 e. The predicted octanol–water partition coefficient (Wildman–Crippen LogP) is 3.20. The fraction of sp³-hybridized carbons (Fsp3) is 0.143.